The van der Waals surface area contributed by atoms with E-state index in [0.29, 0.717) is 12.4 Å². The molecule has 2 bridgehead atoms. The molecule has 1 aromatic heterocycles. The minimum atomic E-state index is -4.23. The standard InChI is InChI=1S/C33H40N6O9S/c1-20(2)15-25-32(42)37-26(16-22-7-5-4-6-8-22)31(41)34-11-12-39(49(44,45)24-9-10-28-29(18-24)47-14-13-46-28)19-23-17-27(38-48-23)33(43)35-21(3)30(40)36-25/h4-10,17-18,20-21,25-26H,11-16,19H2,1-3H3,(H,34,41)(H,35,43)(H,36,40)(H,37,42)/t21-,25-,26-/m1/s1. The number of ether oxygens (including phenoxy) is 2. The third-order valence-corrected chi connectivity index (χ3v) is 9.77. The van der Waals surface area contributed by atoms with E-state index in [9.17, 15) is 27.6 Å². The summed E-state index contributed by atoms with van der Waals surface area (Å²) in [6.45, 7) is 5.12. The molecule has 0 saturated heterocycles. The number of nitrogens with one attached hydrogen (secondary N) is 4. The fourth-order valence-corrected chi connectivity index (χ4v) is 6.80. The van der Waals surface area contributed by atoms with Crippen molar-refractivity contribution in [2.75, 3.05) is 26.3 Å². The molecule has 0 radical (unpaired) electrons. The van der Waals surface area contributed by atoms with Crippen molar-refractivity contribution >= 4 is 33.7 Å². The number of hydrogen-bond donors (Lipinski definition) is 4. The molecular weight excluding hydrogens is 656 g/mol. The van der Waals surface area contributed by atoms with Crippen LogP contribution in [0.4, 0.5) is 0 Å². The van der Waals surface area contributed by atoms with Crippen LogP contribution in [0.15, 0.2) is 64.0 Å². The highest BCUT2D eigenvalue weighted by atomic mass is 32.2. The number of benzene rings is 2. The minimum absolute atomic E-state index is 0.00380. The second-order valence-corrected chi connectivity index (χ2v) is 14.2. The molecule has 15 nitrogen and oxygen atoms in total. The first-order valence-electron chi connectivity index (χ1n) is 16.0. The summed E-state index contributed by atoms with van der Waals surface area (Å²) in [5.74, 6) is -1.77. The van der Waals surface area contributed by atoms with Gasteiger partial charge in [-0.25, -0.2) is 8.42 Å². The van der Waals surface area contributed by atoms with Gasteiger partial charge >= 0.3 is 0 Å². The van der Waals surface area contributed by atoms with Crippen molar-refractivity contribution in [3.05, 3.63) is 71.6 Å². The van der Waals surface area contributed by atoms with Crippen molar-refractivity contribution in [1.29, 1.82) is 0 Å². The van der Waals surface area contributed by atoms with E-state index in [4.69, 9.17) is 14.0 Å². The molecule has 3 heterocycles. The molecule has 49 heavy (non-hydrogen) atoms. The van der Waals surface area contributed by atoms with Gasteiger partial charge in [-0.3, -0.25) is 19.2 Å². The molecule has 262 valence electrons. The average molecular weight is 697 g/mol. The van der Waals surface area contributed by atoms with E-state index in [0.717, 1.165) is 9.87 Å². The number of aromatic nitrogens is 1. The molecule has 3 atom stereocenters. The largest absolute Gasteiger partial charge is 0.486 e. The number of nitrogens with zero attached hydrogens (tertiary/aromatic N) is 2. The summed E-state index contributed by atoms with van der Waals surface area (Å²) in [6.07, 6.45) is 0.393. The fraction of sp³-hybridized carbons (Fsp3) is 0.424. The molecular formula is C33H40N6O9S. The lowest BCUT2D eigenvalue weighted by Gasteiger charge is -2.26. The van der Waals surface area contributed by atoms with Crippen LogP contribution in [0.25, 0.3) is 0 Å². The normalized spacial score (nSPS) is 21.5. The number of fused-ring (bicyclic) bond motifs is 3. The summed E-state index contributed by atoms with van der Waals surface area (Å²) in [5, 5.41) is 14.6. The van der Waals surface area contributed by atoms with Crippen LogP contribution in [0, 0.1) is 5.92 Å². The van der Waals surface area contributed by atoms with E-state index < -0.39 is 51.8 Å². The molecule has 16 heteroatoms. The van der Waals surface area contributed by atoms with Gasteiger partial charge in [0.05, 0.1) is 11.4 Å². The predicted molar refractivity (Wildman–Crippen MR) is 175 cm³/mol. The topological polar surface area (TPSA) is 198 Å². The monoisotopic (exact) mass is 696 g/mol. The zero-order valence-corrected chi connectivity index (χ0v) is 28.2. The van der Waals surface area contributed by atoms with Crippen LogP contribution in [-0.4, -0.2) is 85.9 Å². The number of sulfonamides is 1. The van der Waals surface area contributed by atoms with Gasteiger partial charge in [-0.15, -0.1) is 0 Å². The highest BCUT2D eigenvalue weighted by Crippen LogP contribution is 2.33. The SMILES string of the molecule is CC(C)C[C@H]1NC(=O)[C@@H](C)NC(=O)c2cc(on2)CN(S(=O)(=O)c2ccc3c(c2)OCCO3)CCNC(=O)[C@@H](Cc2ccccc2)NC1=O. The maximum atomic E-state index is 14.0. The van der Waals surface area contributed by atoms with E-state index in [1.54, 1.807) is 0 Å². The molecule has 2 aromatic carbocycles. The third-order valence-electron chi connectivity index (χ3n) is 7.93. The lowest BCUT2D eigenvalue weighted by molar-refractivity contribution is -0.132. The highest BCUT2D eigenvalue weighted by Gasteiger charge is 2.32. The van der Waals surface area contributed by atoms with Gasteiger partial charge in [-0.2, -0.15) is 4.31 Å². The van der Waals surface area contributed by atoms with Crippen molar-refractivity contribution in [2.24, 2.45) is 5.92 Å². The summed E-state index contributed by atoms with van der Waals surface area (Å²) in [6, 6.07) is 11.5. The van der Waals surface area contributed by atoms with Crippen LogP contribution in [0.5, 0.6) is 11.5 Å². The van der Waals surface area contributed by atoms with E-state index in [1.165, 1.54) is 31.2 Å². The van der Waals surface area contributed by atoms with E-state index >= 15 is 0 Å². The van der Waals surface area contributed by atoms with Gasteiger partial charge in [0.15, 0.2) is 23.0 Å². The van der Waals surface area contributed by atoms with E-state index in [1.807, 2.05) is 44.2 Å². The molecule has 2 aliphatic rings. The number of carbonyl (C=O) groups excluding carboxylic acids is 4. The van der Waals surface area contributed by atoms with Crippen LogP contribution < -0.4 is 30.7 Å². The van der Waals surface area contributed by atoms with Crippen LogP contribution in [0.3, 0.4) is 0 Å². The molecule has 0 spiro atoms. The van der Waals surface area contributed by atoms with Crippen molar-refractivity contribution in [3.63, 3.8) is 0 Å². The smallest absolute Gasteiger partial charge is 0.274 e. The lowest BCUT2D eigenvalue weighted by Crippen LogP contribution is -2.57. The number of rotatable bonds is 6. The van der Waals surface area contributed by atoms with Crippen molar-refractivity contribution in [3.8, 4) is 11.5 Å². The van der Waals surface area contributed by atoms with Crippen LogP contribution >= 0.6 is 0 Å². The van der Waals surface area contributed by atoms with Gasteiger partial charge in [0.1, 0.15) is 31.3 Å². The predicted octanol–water partition coefficient (Wildman–Crippen LogP) is 1.14. The molecule has 3 aromatic rings. The quantitative estimate of drug-likeness (QED) is 0.290. The summed E-state index contributed by atoms with van der Waals surface area (Å²) in [7, 11) is -4.23. The Labute approximate surface area is 284 Å². The van der Waals surface area contributed by atoms with Crippen LogP contribution in [0.2, 0.25) is 0 Å². The summed E-state index contributed by atoms with van der Waals surface area (Å²) < 4.78 is 45.5. The van der Waals surface area contributed by atoms with Crippen LogP contribution in [0.1, 0.15) is 49.0 Å². The Bertz CT molecular complexity index is 1780. The molecule has 0 saturated carbocycles. The summed E-state index contributed by atoms with van der Waals surface area (Å²) in [5.41, 5.74) is 0.593. The number of hydrogen-bond acceptors (Lipinski definition) is 10. The Kier molecular flexibility index (Phi) is 11.2. The summed E-state index contributed by atoms with van der Waals surface area (Å²) >= 11 is 0. The lowest BCUT2D eigenvalue weighted by atomic mass is 10.0. The Morgan fingerprint density at radius 3 is 2.33 bits per heavy atom. The second-order valence-electron chi connectivity index (χ2n) is 12.3. The van der Waals surface area contributed by atoms with Gasteiger partial charge in [0, 0.05) is 31.6 Å². The molecule has 4 N–H and O–H groups in total. The molecule has 0 unspecified atom stereocenters. The maximum Gasteiger partial charge on any atom is 0.274 e. The highest BCUT2D eigenvalue weighted by molar-refractivity contribution is 7.89. The Morgan fingerprint density at radius 1 is 0.878 bits per heavy atom. The van der Waals surface area contributed by atoms with Gasteiger partial charge < -0.3 is 35.3 Å². The molecule has 0 aliphatic carbocycles. The molecule has 0 fully saturated rings. The van der Waals surface area contributed by atoms with E-state index in [-0.39, 0.29) is 67.1 Å². The minimum Gasteiger partial charge on any atom is -0.486 e. The zero-order valence-electron chi connectivity index (χ0n) is 27.4. The van der Waals surface area contributed by atoms with Crippen molar-refractivity contribution < 1.29 is 41.6 Å². The van der Waals surface area contributed by atoms with Gasteiger partial charge in [-0.05, 0) is 37.0 Å². The van der Waals surface area contributed by atoms with Gasteiger partial charge in [0.25, 0.3) is 5.91 Å². The first kappa shape index (κ1) is 35.3. The first-order chi connectivity index (χ1) is 23.4. The zero-order chi connectivity index (χ0) is 35.1. The Hall–Kier alpha value is -4.96. The fourth-order valence-electron chi connectivity index (χ4n) is 5.38. The summed E-state index contributed by atoms with van der Waals surface area (Å²) in [4.78, 5) is 53.3. The Balaban J connectivity index is 1.47. The average Bonchev–Trinajstić information content (AvgIpc) is 3.55. The number of carbonyl (C=O) groups is 4. The maximum absolute atomic E-state index is 14.0. The van der Waals surface area contributed by atoms with E-state index in [2.05, 4.69) is 26.4 Å². The number of amides is 4. The molecule has 4 amide bonds. The van der Waals surface area contributed by atoms with Crippen molar-refractivity contribution in [1.82, 2.24) is 30.7 Å². The molecule has 5 rings (SSSR count). The Morgan fingerprint density at radius 2 is 1.59 bits per heavy atom. The van der Waals surface area contributed by atoms with Gasteiger partial charge in [-0.1, -0.05) is 49.3 Å². The first-order valence-corrected chi connectivity index (χ1v) is 17.4. The third kappa shape index (κ3) is 8.94. The second kappa shape index (κ2) is 15.5. The van der Waals surface area contributed by atoms with Crippen molar-refractivity contribution in [2.45, 2.75) is 63.2 Å². The van der Waals surface area contributed by atoms with Gasteiger partial charge in [0.2, 0.25) is 27.7 Å². The van der Waals surface area contributed by atoms with Crippen LogP contribution in [-0.2, 0) is 37.4 Å². The molecule has 2 aliphatic heterocycles.